The van der Waals surface area contributed by atoms with Crippen molar-refractivity contribution in [2.45, 2.75) is 51.9 Å². The van der Waals surface area contributed by atoms with Gasteiger partial charge in [0.1, 0.15) is 0 Å². The van der Waals surface area contributed by atoms with Gasteiger partial charge in [0.15, 0.2) is 17.3 Å². The van der Waals surface area contributed by atoms with Crippen LogP contribution in [0, 0.1) is 0 Å². The molecule has 0 aliphatic rings. The summed E-state index contributed by atoms with van der Waals surface area (Å²) < 4.78 is 11.2. The van der Waals surface area contributed by atoms with Crippen molar-refractivity contribution in [3.8, 4) is 11.5 Å². The highest BCUT2D eigenvalue weighted by atomic mass is 79.9. The largest absolute Gasteiger partial charge is 0.493 e. The summed E-state index contributed by atoms with van der Waals surface area (Å²) in [6.45, 7) is 2.21. The maximum atomic E-state index is 12.3. The number of ketones is 1. The normalized spacial score (nSPS) is 10.5. The van der Waals surface area contributed by atoms with Crippen molar-refractivity contribution in [3.63, 3.8) is 0 Å². The lowest BCUT2D eigenvalue weighted by Crippen LogP contribution is -2.02. The van der Waals surface area contributed by atoms with Gasteiger partial charge >= 0.3 is 0 Å². The van der Waals surface area contributed by atoms with Crippen molar-refractivity contribution in [1.82, 2.24) is 0 Å². The molecule has 118 valence electrons. The van der Waals surface area contributed by atoms with Gasteiger partial charge in [-0.3, -0.25) is 4.79 Å². The van der Waals surface area contributed by atoms with E-state index < -0.39 is 0 Å². The number of methoxy groups -OCH3 is 2. The molecule has 0 N–H and O–H groups in total. The van der Waals surface area contributed by atoms with Gasteiger partial charge in [-0.15, -0.1) is 0 Å². The van der Waals surface area contributed by atoms with Crippen LogP contribution in [0.5, 0.6) is 11.5 Å². The number of hydrogen-bond donors (Lipinski definition) is 0. The number of benzene rings is 1. The summed E-state index contributed by atoms with van der Waals surface area (Å²) in [6, 6.07) is 3.54. The molecular formula is C17H25BrO3. The predicted octanol–water partition coefficient (Wildman–Crippen LogP) is 5.40. The summed E-state index contributed by atoms with van der Waals surface area (Å²) in [6.07, 6.45) is 7.67. The molecule has 3 nitrogen and oxygen atoms in total. The maximum absolute atomic E-state index is 12.3. The van der Waals surface area contributed by atoms with E-state index in [2.05, 4.69) is 22.9 Å². The molecule has 0 fully saturated rings. The van der Waals surface area contributed by atoms with Gasteiger partial charge in [0, 0.05) is 16.5 Å². The van der Waals surface area contributed by atoms with Gasteiger partial charge in [-0.1, -0.05) is 39.0 Å². The van der Waals surface area contributed by atoms with Crippen LogP contribution < -0.4 is 9.47 Å². The third kappa shape index (κ3) is 5.70. The Labute approximate surface area is 136 Å². The van der Waals surface area contributed by atoms with E-state index in [1.807, 2.05) is 0 Å². The zero-order valence-corrected chi connectivity index (χ0v) is 14.8. The monoisotopic (exact) mass is 356 g/mol. The van der Waals surface area contributed by atoms with Crippen LogP contribution in [0.2, 0.25) is 0 Å². The molecule has 0 spiro atoms. The number of ether oxygens (including phenoxy) is 2. The molecule has 0 saturated carbocycles. The fourth-order valence-electron chi connectivity index (χ4n) is 2.27. The predicted molar refractivity (Wildman–Crippen MR) is 89.6 cm³/mol. The van der Waals surface area contributed by atoms with Crippen LogP contribution in [0.3, 0.4) is 0 Å². The molecule has 21 heavy (non-hydrogen) atoms. The summed E-state index contributed by atoms with van der Waals surface area (Å²) in [5.41, 5.74) is 0.668. The Morgan fingerprint density at radius 1 is 1.00 bits per heavy atom. The van der Waals surface area contributed by atoms with Crippen LogP contribution >= 0.6 is 15.9 Å². The van der Waals surface area contributed by atoms with E-state index in [1.165, 1.54) is 25.7 Å². The molecule has 1 aromatic carbocycles. The fourth-order valence-corrected chi connectivity index (χ4v) is 2.81. The zero-order chi connectivity index (χ0) is 15.7. The van der Waals surface area contributed by atoms with Crippen LogP contribution in [-0.4, -0.2) is 20.0 Å². The molecule has 0 heterocycles. The van der Waals surface area contributed by atoms with E-state index in [9.17, 15) is 4.79 Å². The molecule has 0 radical (unpaired) electrons. The van der Waals surface area contributed by atoms with Gasteiger partial charge in [0.25, 0.3) is 0 Å². The maximum Gasteiger partial charge on any atom is 0.164 e. The topological polar surface area (TPSA) is 35.5 Å². The molecule has 0 saturated heterocycles. The molecule has 4 heteroatoms. The van der Waals surface area contributed by atoms with Gasteiger partial charge in [-0.2, -0.15) is 0 Å². The minimum absolute atomic E-state index is 0.151. The van der Waals surface area contributed by atoms with E-state index in [-0.39, 0.29) is 5.78 Å². The van der Waals surface area contributed by atoms with E-state index in [1.54, 1.807) is 26.4 Å². The quantitative estimate of drug-likeness (QED) is 0.415. The van der Waals surface area contributed by atoms with E-state index in [4.69, 9.17) is 9.47 Å². The van der Waals surface area contributed by atoms with Crippen molar-refractivity contribution in [1.29, 1.82) is 0 Å². The van der Waals surface area contributed by atoms with E-state index in [0.29, 0.717) is 23.5 Å². The van der Waals surface area contributed by atoms with E-state index in [0.717, 1.165) is 17.3 Å². The van der Waals surface area contributed by atoms with Crippen LogP contribution in [0.1, 0.15) is 62.2 Å². The summed E-state index contributed by atoms with van der Waals surface area (Å²) >= 11 is 3.44. The molecule has 0 aromatic heterocycles. The van der Waals surface area contributed by atoms with Gasteiger partial charge in [0.2, 0.25) is 0 Å². The lowest BCUT2D eigenvalue weighted by molar-refractivity contribution is 0.0978. The van der Waals surface area contributed by atoms with Gasteiger partial charge in [0.05, 0.1) is 14.2 Å². The minimum Gasteiger partial charge on any atom is -0.493 e. The second-order valence-electron chi connectivity index (χ2n) is 5.13. The summed E-state index contributed by atoms with van der Waals surface area (Å²) in [5.74, 6) is 1.37. The Morgan fingerprint density at radius 3 is 2.19 bits per heavy atom. The Hall–Kier alpha value is -1.03. The van der Waals surface area contributed by atoms with Crippen LogP contribution in [0.25, 0.3) is 0 Å². The SMILES string of the molecule is CCCCCCCCC(=O)c1cc(OC)c(OC)cc1Br. The number of unbranched alkanes of at least 4 members (excludes halogenated alkanes) is 5. The van der Waals surface area contributed by atoms with Crippen LogP contribution in [0.15, 0.2) is 16.6 Å². The standard InChI is InChI=1S/C17H25BrO3/c1-4-5-6-7-8-9-10-15(19)13-11-16(20-2)17(21-3)12-14(13)18/h11-12H,4-10H2,1-3H3. The Bertz CT molecular complexity index is 458. The highest BCUT2D eigenvalue weighted by Gasteiger charge is 2.15. The number of Topliss-reactive ketones (excluding diaryl/α,β-unsaturated/α-hetero) is 1. The Morgan fingerprint density at radius 2 is 1.57 bits per heavy atom. The molecule has 1 rings (SSSR count). The van der Waals surface area contributed by atoms with Crippen molar-refractivity contribution in [2.24, 2.45) is 0 Å². The Balaban J connectivity index is 2.57. The average molecular weight is 357 g/mol. The number of carbonyl (C=O) groups is 1. The molecule has 0 atom stereocenters. The van der Waals surface area contributed by atoms with Crippen molar-refractivity contribution in [2.75, 3.05) is 14.2 Å². The average Bonchev–Trinajstić information content (AvgIpc) is 2.50. The lowest BCUT2D eigenvalue weighted by atomic mass is 10.0. The third-order valence-corrected chi connectivity index (χ3v) is 4.19. The van der Waals surface area contributed by atoms with Gasteiger partial charge in [-0.05, 0) is 34.5 Å². The Kier molecular flexibility index (Phi) is 8.43. The molecule has 0 bridgehead atoms. The first-order chi connectivity index (χ1) is 10.1. The molecule has 0 amide bonds. The molecule has 0 aliphatic heterocycles. The fraction of sp³-hybridized carbons (Fsp3) is 0.588. The van der Waals surface area contributed by atoms with E-state index >= 15 is 0 Å². The summed E-state index contributed by atoms with van der Waals surface area (Å²) in [7, 11) is 3.16. The number of hydrogen-bond acceptors (Lipinski definition) is 3. The van der Waals surface area contributed by atoms with Crippen molar-refractivity contribution >= 4 is 21.7 Å². The second kappa shape index (κ2) is 9.82. The second-order valence-corrected chi connectivity index (χ2v) is 5.98. The van der Waals surface area contributed by atoms with Crippen LogP contribution in [0.4, 0.5) is 0 Å². The number of halogens is 1. The highest BCUT2D eigenvalue weighted by molar-refractivity contribution is 9.10. The van der Waals surface area contributed by atoms with Gasteiger partial charge in [-0.25, -0.2) is 0 Å². The summed E-state index contributed by atoms with van der Waals surface area (Å²) in [4.78, 5) is 12.3. The zero-order valence-electron chi connectivity index (χ0n) is 13.2. The van der Waals surface area contributed by atoms with Crippen molar-refractivity contribution in [3.05, 3.63) is 22.2 Å². The number of carbonyl (C=O) groups excluding carboxylic acids is 1. The van der Waals surface area contributed by atoms with Crippen molar-refractivity contribution < 1.29 is 14.3 Å². The molecule has 1 aromatic rings. The minimum atomic E-state index is 0.151. The third-order valence-electron chi connectivity index (χ3n) is 3.53. The first-order valence-corrected chi connectivity index (χ1v) is 8.38. The first-order valence-electron chi connectivity index (χ1n) is 7.58. The van der Waals surface area contributed by atoms with Crippen LogP contribution in [-0.2, 0) is 0 Å². The summed E-state index contributed by atoms with van der Waals surface area (Å²) in [5, 5.41) is 0. The smallest absolute Gasteiger partial charge is 0.164 e. The molecule has 0 unspecified atom stereocenters. The highest BCUT2D eigenvalue weighted by Crippen LogP contribution is 2.34. The van der Waals surface area contributed by atoms with Gasteiger partial charge < -0.3 is 9.47 Å². The first kappa shape index (κ1) is 18.0. The molecule has 0 aliphatic carbocycles. The molecular weight excluding hydrogens is 332 g/mol. The lowest BCUT2D eigenvalue weighted by Gasteiger charge is -2.11. The number of rotatable bonds is 10.